The van der Waals surface area contributed by atoms with Crippen LogP contribution in [-0.2, 0) is 19.4 Å². The summed E-state index contributed by atoms with van der Waals surface area (Å²) < 4.78 is 0. The molecule has 0 saturated carbocycles. The van der Waals surface area contributed by atoms with E-state index in [0.717, 1.165) is 42.0 Å². The van der Waals surface area contributed by atoms with Gasteiger partial charge in [0.2, 0.25) is 0 Å². The number of aromatic amines is 1. The number of fused-ring (bicyclic) bond motifs is 3. The normalized spacial score (nSPS) is 21.0. The maximum absolute atomic E-state index is 12.7. The number of H-pyrrole nitrogens is 1. The molecule has 2 aliphatic rings. The first-order valence-electron chi connectivity index (χ1n) is 9.10. The Balaban J connectivity index is 1.48. The van der Waals surface area contributed by atoms with E-state index in [1.165, 1.54) is 41.0 Å². The Bertz CT molecular complexity index is 957. The van der Waals surface area contributed by atoms with Crippen LogP contribution in [0.4, 0.5) is 0 Å². The van der Waals surface area contributed by atoms with Gasteiger partial charge in [-0.05, 0) is 62.1 Å². The predicted octanol–water partition coefficient (Wildman–Crippen LogP) is 4.26. The number of aryl methyl sites for hydroxylation is 2. The van der Waals surface area contributed by atoms with Gasteiger partial charge in [-0.3, -0.25) is 9.69 Å². The van der Waals surface area contributed by atoms with E-state index >= 15 is 0 Å². The van der Waals surface area contributed by atoms with Crippen LogP contribution in [0.3, 0.4) is 0 Å². The van der Waals surface area contributed by atoms with Crippen molar-refractivity contribution in [1.82, 2.24) is 14.9 Å². The number of nitrogens with one attached hydrogen (secondary N) is 1. The van der Waals surface area contributed by atoms with Crippen molar-refractivity contribution in [3.8, 4) is 0 Å². The summed E-state index contributed by atoms with van der Waals surface area (Å²) in [6.45, 7) is 1.81. The Kier molecular flexibility index (Phi) is 3.99. The van der Waals surface area contributed by atoms with Crippen LogP contribution in [0.5, 0.6) is 0 Å². The maximum atomic E-state index is 12.7. The zero-order chi connectivity index (χ0) is 16.8. The molecule has 6 heteroatoms. The lowest BCUT2D eigenvalue weighted by Crippen LogP contribution is -2.25. The number of hydrogen-bond acceptors (Lipinski definition) is 5. The summed E-state index contributed by atoms with van der Waals surface area (Å²) in [4.78, 5) is 26.8. The van der Waals surface area contributed by atoms with Crippen molar-refractivity contribution in [2.45, 2.75) is 51.1 Å². The van der Waals surface area contributed by atoms with Gasteiger partial charge in [-0.2, -0.15) is 0 Å². The van der Waals surface area contributed by atoms with Gasteiger partial charge in [0.1, 0.15) is 10.7 Å². The summed E-state index contributed by atoms with van der Waals surface area (Å²) in [6, 6.07) is 4.82. The maximum Gasteiger partial charge on any atom is 0.259 e. The van der Waals surface area contributed by atoms with Crippen LogP contribution < -0.4 is 5.56 Å². The summed E-state index contributed by atoms with van der Waals surface area (Å²) >= 11 is 3.56. The number of rotatable bonds is 3. The highest BCUT2D eigenvalue weighted by atomic mass is 32.1. The topological polar surface area (TPSA) is 49.0 Å². The van der Waals surface area contributed by atoms with Crippen molar-refractivity contribution in [1.29, 1.82) is 0 Å². The van der Waals surface area contributed by atoms with Crippen LogP contribution in [0.1, 0.15) is 52.9 Å². The zero-order valence-corrected chi connectivity index (χ0v) is 15.7. The van der Waals surface area contributed by atoms with E-state index in [2.05, 4.69) is 27.4 Å². The quantitative estimate of drug-likeness (QED) is 0.748. The van der Waals surface area contributed by atoms with Crippen LogP contribution in [-0.4, -0.2) is 21.4 Å². The lowest BCUT2D eigenvalue weighted by molar-refractivity contribution is 0.245. The molecular weight excluding hydrogens is 350 g/mol. The SMILES string of the molecule is O=c1[nH]c(CN2CCC[C@H]2c2cccs2)nc2sc3c(c12)CCCC3. The third-order valence-electron chi connectivity index (χ3n) is 5.46. The van der Waals surface area contributed by atoms with Crippen LogP contribution >= 0.6 is 22.7 Å². The van der Waals surface area contributed by atoms with Crippen LogP contribution in [0.2, 0.25) is 0 Å². The van der Waals surface area contributed by atoms with Gasteiger partial charge in [0.05, 0.1) is 11.9 Å². The number of likely N-dealkylation sites (tertiary alicyclic amines) is 1. The second kappa shape index (κ2) is 6.34. The van der Waals surface area contributed by atoms with Crippen molar-refractivity contribution in [3.05, 3.63) is 49.0 Å². The second-order valence-electron chi connectivity index (χ2n) is 7.05. The molecule has 1 atom stereocenters. The van der Waals surface area contributed by atoms with Crippen LogP contribution in [0.25, 0.3) is 10.2 Å². The third-order valence-corrected chi connectivity index (χ3v) is 7.62. The van der Waals surface area contributed by atoms with E-state index in [9.17, 15) is 4.79 Å². The standard InChI is InChI=1S/C19H21N3OS2/c23-18-17-12-5-1-2-7-14(12)25-19(17)21-16(20-18)11-22-9-3-6-13(22)15-8-4-10-24-15/h4,8,10,13H,1-3,5-7,9,11H2,(H,20,21,23)/t13-/m0/s1. The summed E-state index contributed by atoms with van der Waals surface area (Å²) in [5.41, 5.74) is 1.33. The molecule has 1 aliphatic carbocycles. The zero-order valence-electron chi connectivity index (χ0n) is 14.1. The van der Waals surface area contributed by atoms with Crippen molar-refractivity contribution in [2.24, 2.45) is 0 Å². The molecule has 3 aromatic heterocycles. The molecule has 0 spiro atoms. The van der Waals surface area contributed by atoms with E-state index in [4.69, 9.17) is 4.98 Å². The van der Waals surface area contributed by atoms with E-state index in [-0.39, 0.29) is 5.56 Å². The molecule has 1 saturated heterocycles. The van der Waals surface area contributed by atoms with Crippen molar-refractivity contribution in [3.63, 3.8) is 0 Å². The number of hydrogen-bond donors (Lipinski definition) is 1. The Hall–Kier alpha value is -1.50. The highest BCUT2D eigenvalue weighted by Crippen LogP contribution is 2.36. The van der Waals surface area contributed by atoms with E-state index in [1.54, 1.807) is 11.3 Å². The highest BCUT2D eigenvalue weighted by Gasteiger charge is 2.28. The molecule has 25 heavy (non-hydrogen) atoms. The molecule has 0 radical (unpaired) electrons. The van der Waals surface area contributed by atoms with E-state index < -0.39 is 0 Å². The number of aromatic nitrogens is 2. The third kappa shape index (κ3) is 2.76. The smallest absolute Gasteiger partial charge is 0.259 e. The molecule has 4 heterocycles. The summed E-state index contributed by atoms with van der Waals surface area (Å²) in [5.74, 6) is 0.819. The van der Waals surface area contributed by atoms with Crippen LogP contribution in [0.15, 0.2) is 22.3 Å². The monoisotopic (exact) mass is 371 g/mol. The fourth-order valence-electron chi connectivity index (χ4n) is 4.29. The molecule has 0 unspecified atom stereocenters. The molecule has 0 amide bonds. The van der Waals surface area contributed by atoms with Gasteiger partial charge in [0.15, 0.2) is 0 Å². The number of nitrogens with zero attached hydrogens (tertiary/aromatic N) is 2. The minimum Gasteiger partial charge on any atom is -0.309 e. The molecule has 0 aromatic carbocycles. The summed E-state index contributed by atoms with van der Waals surface area (Å²) in [5, 5.41) is 3.01. The first-order chi connectivity index (χ1) is 12.3. The highest BCUT2D eigenvalue weighted by molar-refractivity contribution is 7.18. The average Bonchev–Trinajstić information content (AvgIpc) is 3.33. The average molecular weight is 372 g/mol. The van der Waals surface area contributed by atoms with Gasteiger partial charge in [-0.25, -0.2) is 4.98 Å². The fraction of sp³-hybridized carbons (Fsp3) is 0.474. The Morgan fingerprint density at radius 1 is 1.28 bits per heavy atom. The van der Waals surface area contributed by atoms with Gasteiger partial charge >= 0.3 is 0 Å². The van der Waals surface area contributed by atoms with Crippen LogP contribution in [0, 0.1) is 0 Å². The predicted molar refractivity (Wildman–Crippen MR) is 104 cm³/mol. The Labute approximate surface area is 154 Å². The second-order valence-corrected chi connectivity index (χ2v) is 9.11. The molecule has 130 valence electrons. The van der Waals surface area contributed by atoms with Gasteiger partial charge in [0.25, 0.3) is 5.56 Å². The van der Waals surface area contributed by atoms with Gasteiger partial charge in [-0.15, -0.1) is 22.7 Å². The Morgan fingerprint density at radius 2 is 2.20 bits per heavy atom. The van der Waals surface area contributed by atoms with E-state index in [0.29, 0.717) is 6.04 Å². The van der Waals surface area contributed by atoms with E-state index in [1.807, 2.05) is 11.3 Å². The van der Waals surface area contributed by atoms with Gasteiger partial charge in [0, 0.05) is 15.8 Å². The van der Waals surface area contributed by atoms with Crippen molar-refractivity contribution < 1.29 is 0 Å². The lowest BCUT2D eigenvalue weighted by Gasteiger charge is -2.22. The summed E-state index contributed by atoms with van der Waals surface area (Å²) in [6.07, 6.45) is 6.98. The molecule has 1 aliphatic heterocycles. The van der Waals surface area contributed by atoms with Gasteiger partial charge in [-0.1, -0.05) is 6.07 Å². The summed E-state index contributed by atoms with van der Waals surface area (Å²) in [7, 11) is 0. The molecule has 4 nitrogen and oxygen atoms in total. The molecule has 0 bridgehead atoms. The lowest BCUT2D eigenvalue weighted by atomic mass is 9.97. The Morgan fingerprint density at radius 3 is 3.08 bits per heavy atom. The van der Waals surface area contributed by atoms with Gasteiger partial charge < -0.3 is 4.98 Å². The van der Waals surface area contributed by atoms with Crippen molar-refractivity contribution >= 4 is 32.9 Å². The first-order valence-corrected chi connectivity index (χ1v) is 10.8. The van der Waals surface area contributed by atoms with Crippen molar-refractivity contribution in [2.75, 3.05) is 6.54 Å². The molecule has 1 fully saturated rings. The molecule has 5 rings (SSSR count). The first kappa shape index (κ1) is 15.7. The number of thiophene rings is 2. The largest absolute Gasteiger partial charge is 0.309 e. The molecular formula is C19H21N3OS2. The molecule has 1 N–H and O–H groups in total. The molecule has 3 aromatic rings. The fourth-order valence-corrected chi connectivity index (χ4v) is 6.47. The minimum absolute atomic E-state index is 0.0614. The minimum atomic E-state index is 0.0614.